The summed E-state index contributed by atoms with van der Waals surface area (Å²) >= 11 is 0. The molecule has 54 valence electrons. The lowest BCUT2D eigenvalue weighted by Crippen LogP contribution is -2.32. The zero-order valence-electron chi connectivity index (χ0n) is 5.58. The Bertz CT molecular complexity index is 97.1. The van der Waals surface area contributed by atoms with Gasteiger partial charge < -0.3 is 15.6 Å². The van der Waals surface area contributed by atoms with Crippen molar-refractivity contribution in [2.24, 2.45) is 5.73 Å². The fourth-order valence-corrected chi connectivity index (χ4v) is 1.17. The Morgan fingerprint density at radius 1 is 1.78 bits per heavy atom. The van der Waals surface area contributed by atoms with E-state index in [4.69, 9.17) is 15.6 Å². The van der Waals surface area contributed by atoms with E-state index in [1.165, 1.54) is 0 Å². The first-order valence-electron chi connectivity index (χ1n) is 3.26. The van der Waals surface area contributed by atoms with Crippen molar-refractivity contribution in [3.05, 3.63) is 0 Å². The van der Waals surface area contributed by atoms with E-state index in [0.717, 1.165) is 6.42 Å². The summed E-state index contributed by atoms with van der Waals surface area (Å²) in [5, 5.41) is 8.65. The van der Waals surface area contributed by atoms with Gasteiger partial charge in [-0.1, -0.05) is 0 Å². The molecule has 9 heavy (non-hydrogen) atoms. The molecule has 0 aromatic heterocycles. The second kappa shape index (κ2) is 2.64. The Kier molecular flexibility index (Phi) is 2.05. The second-order valence-corrected chi connectivity index (χ2v) is 2.57. The molecule has 3 N–H and O–H groups in total. The third kappa shape index (κ3) is 1.41. The van der Waals surface area contributed by atoms with Crippen LogP contribution in [-0.2, 0) is 4.74 Å². The fraction of sp³-hybridized carbons (Fsp3) is 1.00. The Morgan fingerprint density at radius 3 is 2.67 bits per heavy atom. The van der Waals surface area contributed by atoms with Crippen molar-refractivity contribution < 1.29 is 9.84 Å². The Morgan fingerprint density at radius 2 is 2.44 bits per heavy atom. The lowest BCUT2D eigenvalue weighted by Gasteiger charge is -2.09. The number of hydrogen-bond donors (Lipinski definition) is 2. The number of aliphatic hydroxyl groups excluding tert-OH is 1. The molecule has 0 bridgehead atoms. The first-order valence-corrected chi connectivity index (χ1v) is 3.26. The topological polar surface area (TPSA) is 55.5 Å². The molecule has 1 aliphatic rings. The summed E-state index contributed by atoms with van der Waals surface area (Å²) < 4.78 is 5.25. The number of nitrogens with two attached hydrogens (primary N) is 1. The third-order valence-electron chi connectivity index (χ3n) is 1.67. The molecule has 0 amide bonds. The molecular weight excluding hydrogens is 118 g/mol. The molecule has 1 aliphatic heterocycles. The van der Waals surface area contributed by atoms with Gasteiger partial charge in [-0.3, -0.25) is 0 Å². The second-order valence-electron chi connectivity index (χ2n) is 2.57. The molecule has 0 unspecified atom stereocenters. The van der Waals surface area contributed by atoms with Gasteiger partial charge >= 0.3 is 0 Å². The summed E-state index contributed by atoms with van der Waals surface area (Å²) in [6, 6.07) is 0.0324. The van der Waals surface area contributed by atoms with Gasteiger partial charge in [0, 0.05) is 6.04 Å². The van der Waals surface area contributed by atoms with Gasteiger partial charge in [-0.25, -0.2) is 0 Å². The molecule has 0 saturated carbocycles. The third-order valence-corrected chi connectivity index (χ3v) is 1.67. The first-order chi connectivity index (χ1) is 4.24. The molecule has 0 radical (unpaired) electrons. The van der Waals surface area contributed by atoms with Crippen LogP contribution in [0.4, 0.5) is 0 Å². The van der Waals surface area contributed by atoms with E-state index in [1.807, 2.05) is 6.92 Å². The fourth-order valence-electron chi connectivity index (χ4n) is 1.17. The van der Waals surface area contributed by atoms with E-state index in [1.54, 1.807) is 0 Å². The van der Waals surface area contributed by atoms with Crippen LogP contribution in [0.3, 0.4) is 0 Å². The van der Waals surface area contributed by atoms with Gasteiger partial charge in [0.1, 0.15) is 0 Å². The average molecular weight is 131 g/mol. The van der Waals surface area contributed by atoms with Crippen molar-refractivity contribution in [2.75, 3.05) is 6.61 Å². The molecule has 0 aromatic rings. The van der Waals surface area contributed by atoms with E-state index in [0.29, 0.717) is 0 Å². The lowest BCUT2D eigenvalue weighted by atomic mass is 10.1. The van der Waals surface area contributed by atoms with Gasteiger partial charge in [0.05, 0.1) is 18.8 Å². The largest absolute Gasteiger partial charge is 0.394 e. The summed E-state index contributed by atoms with van der Waals surface area (Å²) in [4.78, 5) is 0. The van der Waals surface area contributed by atoms with Crippen molar-refractivity contribution in [1.29, 1.82) is 0 Å². The average Bonchev–Trinajstić information content (AvgIpc) is 2.10. The molecular formula is C6H13NO2. The zero-order valence-corrected chi connectivity index (χ0v) is 5.58. The van der Waals surface area contributed by atoms with E-state index in [-0.39, 0.29) is 24.9 Å². The van der Waals surface area contributed by atoms with Crippen LogP contribution in [0, 0.1) is 0 Å². The van der Waals surface area contributed by atoms with Crippen LogP contribution >= 0.6 is 0 Å². The van der Waals surface area contributed by atoms with Crippen LogP contribution in [0.15, 0.2) is 0 Å². The van der Waals surface area contributed by atoms with Crippen LogP contribution < -0.4 is 5.73 Å². The predicted octanol–water partition coefficient (Wildman–Crippen LogP) is -0.517. The van der Waals surface area contributed by atoms with Gasteiger partial charge in [-0.05, 0) is 13.3 Å². The summed E-state index contributed by atoms with van der Waals surface area (Å²) in [6.07, 6.45) is 0.961. The SMILES string of the molecule is C[C@H]1C[C@H](N)[C@@H](CO)O1. The molecule has 1 fully saturated rings. The Hall–Kier alpha value is -0.120. The maximum atomic E-state index is 8.65. The van der Waals surface area contributed by atoms with Crippen LogP contribution in [0.25, 0.3) is 0 Å². The summed E-state index contributed by atoms with van der Waals surface area (Å²) in [5.74, 6) is 0. The molecule has 1 rings (SSSR count). The lowest BCUT2D eigenvalue weighted by molar-refractivity contribution is 0.0156. The highest BCUT2D eigenvalue weighted by Crippen LogP contribution is 2.17. The predicted molar refractivity (Wildman–Crippen MR) is 34.0 cm³/mol. The quantitative estimate of drug-likeness (QED) is 0.503. The monoisotopic (exact) mass is 131 g/mol. The van der Waals surface area contributed by atoms with E-state index in [2.05, 4.69) is 0 Å². The van der Waals surface area contributed by atoms with Crippen LogP contribution in [0.2, 0.25) is 0 Å². The minimum absolute atomic E-state index is 0.0324. The molecule has 1 saturated heterocycles. The van der Waals surface area contributed by atoms with Crippen LogP contribution in [0.1, 0.15) is 13.3 Å². The summed E-state index contributed by atoms with van der Waals surface area (Å²) in [7, 11) is 0. The minimum Gasteiger partial charge on any atom is -0.394 e. The zero-order chi connectivity index (χ0) is 6.85. The van der Waals surface area contributed by atoms with Crippen molar-refractivity contribution in [1.82, 2.24) is 0 Å². The van der Waals surface area contributed by atoms with Crippen molar-refractivity contribution in [3.8, 4) is 0 Å². The highest BCUT2D eigenvalue weighted by atomic mass is 16.5. The number of aliphatic hydroxyl groups is 1. The van der Waals surface area contributed by atoms with E-state index >= 15 is 0 Å². The maximum Gasteiger partial charge on any atom is 0.0960 e. The standard InChI is InChI=1S/C6H13NO2/c1-4-2-5(7)6(3-8)9-4/h4-6,8H,2-3,7H2,1H3/t4-,5-,6+/m0/s1. The molecule has 0 aromatic carbocycles. The van der Waals surface area contributed by atoms with Crippen molar-refractivity contribution >= 4 is 0 Å². The highest BCUT2D eigenvalue weighted by molar-refractivity contribution is 4.82. The van der Waals surface area contributed by atoms with Gasteiger partial charge in [0.25, 0.3) is 0 Å². The Balaban J connectivity index is 2.38. The van der Waals surface area contributed by atoms with Crippen LogP contribution in [0.5, 0.6) is 0 Å². The van der Waals surface area contributed by atoms with Gasteiger partial charge in [0.2, 0.25) is 0 Å². The van der Waals surface area contributed by atoms with Crippen LogP contribution in [-0.4, -0.2) is 30.0 Å². The number of rotatable bonds is 1. The Labute approximate surface area is 54.8 Å². The molecule has 3 atom stereocenters. The van der Waals surface area contributed by atoms with Gasteiger partial charge in [0.15, 0.2) is 0 Å². The van der Waals surface area contributed by atoms with Gasteiger partial charge in [-0.15, -0.1) is 0 Å². The summed E-state index contributed by atoms with van der Waals surface area (Å²) in [6.45, 7) is 2.01. The van der Waals surface area contributed by atoms with Crippen molar-refractivity contribution in [2.45, 2.75) is 31.6 Å². The highest BCUT2D eigenvalue weighted by Gasteiger charge is 2.28. The minimum atomic E-state index is -0.125. The molecule has 1 heterocycles. The van der Waals surface area contributed by atoms with Gasteiger partial charge in [-0.2, -0.15) is 0 Å². The molecule has 0 spiro atoms. The number of hydrogen-bond acceptors (Lipinski definition) is 3. The normalized spacial score (nSPS) is 43.7. The smallest absolute Gasteiger partial charge is 0.0960 e. The van der Waals surface area contributed by atoms with Crippen molar-refractivity contribution in [3.63, 3.8) is 0 Å². The maximum absolute atomic E-state index is 8.65. The molecule has 3 nitrogen and oxygen atoms in total. The van der Waals surface area contributed by atoms with E-state index < -0.39 is 0 Å². The van der Waals surface area contributed by atoms with E-state index in [9.17, 15) is 0 Å². The molecule has 0 aliphatic carbocycles. The summed E-state index contributed by atoms with van der Waals surface area (Å²) in [5.41, 5.74) is 5.59. The number of ether oxygens (including phenoxy) is 1. The molecule has 3 heteroatoms. The first kappa shape index (κ1) is 6.99.